The minimum Gasteiger partial charge on any atom is -0.310 e. The predicted octanol–water partition coefficient (Wildman–Crippen LogP) is 17.6. The number of hydrogen-bond acceptors (Lipinski definition) is 1. The van der Waals surface area contributed by atoms with E-state index in [0.717, 1.165) is 22.7 Å². The van der Waals surface area contributed by atoms with Gasteiger partial charge in [0, 0.05) is 38.9 Å². The number of benzene rings is 11. The fraction of sp³-hybridized carbons (Fsp3) is 0.0704. The van der Waals surface area contributed by atoms with E-state index in [-0.39, 0.29) is 5.41 Å². The Hall–Kier alpha value is -8.98. The Morgan fingerprint density at radius 1 is 0.301 bits per heavy atom. The van der Waals surface area contributed by atoms with Gasteiger partial charge < -0.3 is 9.47 Å². The van der Waals surface area contributed by atoms with Gasteiger partial charge in [-0.15, -0.1) is 0 Å². The molecule has 2 atom stereocenters. The number of para-hydroxylation sites is 2. The Morgan fingerprint density at radius 3 is 1.51 bits per heavy atom. The predicted molar refractivity (Wildman–Crippen MR) is 302 cm³/mol. The van der Waals surface area contributed by atoms with E-state index in [2.05, 4.69) is 290 Å². The third-order valence-corrected chi connectivity index (χ3v) is 16.9. The molecule has 3 aliphatic carbocycles. The maximum atomic E-state index is 2.48. The van der Waals surface area contributed by atoms with Crippen molar-refractivity contribution in [1.29, 1.82) is 0 Å². The molecule has 1 heterocycles. The topological polar surface area (TPSA) is 8.17 Å². The molecule has 0 saturated heterocycles. The van der Waals surface area contributed by atoms with Gasteiger partial charge in [0.1, 0.15) is 0 Å². The number of anilines is 3. The van der Waals surface area contributed by atoms with Crippen molar-refractivity contribution < 1.29 is 0 Å². The SMILES string of the molecule is CC1(C)c2ccccc2-c2ccc(N(c3ccc(C4(c5ccccc5)c5ccccc5C5(c6ccccc6)c6ccccc6-c6cccc4c65)cc3)c3ccc4c(c3)c3ccccc3n4-c3ccccc3)cc21. The molecule has 2 heteroatoms. The average Bonchev–Trinajstić information content (AvgIpc) is 4.16. The van der Waals surface area contributed by atoms with E-state index in [1.54, 1.807) is 0 Å². The fourth-order valence-electron chi connectivity index (χ4n) is 13.9. The Kier molecular flexibility index (Phi) is 8.87. The van der Waals surface area contributed by atoms with E-state index in [1.807, 2.05) is 0 Å². The number of aromatic nitrogens is 1. The normalized spacial score (nSPS) is 17.4. The number of fused-ring (bicyclic) bond motifs is 11. The minimum atomic E-state index is -0.644. The van der Waals surface area contributed by atoms with Crippen LogP contribution in [0.5, 0.6) is 0 Å². The zero-order chi connectivity index (χ0) is 48.5. The van der Waals surface area contributed by atoms with Crippen molar-refractivity contribution in [2.45, 2.75) is 30.1 Å². The Bertz CT molecular complexity index is 4170. The Morgan fingerprint density at radius 2 is 0.781 bits per heavy atom. The highest BCUT2D eigenvalue weighted by atomic mass is 15.1. The van der Waals surface area contributed by atoms with E-state index in [1.165, 1.54) is 99.7 Å². The van der Waals surface area contributed by atoms with Crippen molar-refractivity contribution in [3.05, 3.63) is 323 Å². The first kappa shape index (κ1) is 41.8. The van der Waals surface area contributed by atoms with E-state index in [4.69, 9.17) is 0 Å². The lowest BCUT2D eigenvalue weighted by Crippen LogP contribution is -2.44. The summed E-state index contributed by atoms with van der Waals surface area (Å²) < 4.78 is 2.40. The lowest BCUT2D eigenvalue weighted by atomic mass is 9.52. The molecule has 3 aliphatic rings. The highest BCUT2D eigenvalue weighted by Crippen LogP contribution is 2.66. The lowest BCUT2D eigenvalue weighted by molar-refractivity contribution is 0.626. The van der Waals surface area contributed by atoms with Crippen LogP contribution in [0.1, 0.15) is 69.5 Å². The lowest BCUT2D eigenvalue weighted by Gasteiger charge is -2.49. The Balaban J connectivity index is 0.975. The molecule has 0 fully saturated rings. The van der Waals surface area contributed by atoms with Crippen molar-refractivity contribution in [3.63, 3.8) is 0 Å². The van der Waals surface area contributed by atoms with Gasteiger partial charge in [-0.25, -0.2) is 0 Å². The minimum absolute atomic E-state index is 0.161. The van der Waals surface area contributed by atoms with Gasteiger partial charge in [0.15, 0.2) is 0 Å². The molecule has 0 aliphatic heterocycles. The summed E-state index contributed by atoms with van der Waals surface area (Å²) in [4.78, 5) is 2.48. The van der Waals surface area contributed by atoms with Gasteiger partial charge in [-0.2, -0.15) is 0 Å². The molecule has 0 radical (unpaired) electrons. The highest BCUT2D eigenvalue weighted by molar-refractivity contribution is 6.11. The molecule has 344 valence electrons. The number of rotatable bonds is 7. The molecule has 0 saturated carbocycles. The largest absolute Gasteiger partial charge is 0.310 e. The van der Waals surface area contributed by atoms with Crippen molar-refractivity contribution in [2.24, 2.45) is 0 Å². The molecule has 0 spiro atoms. The van der Waals surface area contributed by atoms with Gasteiger partial charge in [0.2, 0.25) is 0 Å². The van der Waals surface area contributed by atoms with Crippen molar-refractivity contribution in [1.82, 2.24) is 4.57 Å². The number of hydrogen-bond donors (Lipinski definition) is 0. The third-order valence-electron chi connectivity index (χ3n) is 16.9. The van der Waals surface area contributed by atoms with Crippen LogP contribution >= 0.6 is 0 Å². The molecule has 73 heavy (non-hydrogen) atoms. The van der Waals surface area contributed by atoms with Crippen LogP contribution in [0.3, 0.4) is 0 Å². The quantitative estimate of drug-likeness (QED) is 0.155. The molecule has 12 aromatic rings. The molecule has 2 nitrogen and oxygen atoms in total. The summed E-state index contributed by atoms with van der Waals surface area (Å²) in [5, 5.41) is 2.45. The molecule has 11 aromatic carbocycles. The zero-order valence-corrected chi connectivity index (χ0v) is 40.8. The van der Waals surface area contributed by atoms with E-state index >= 15 is 0 Å². The third kappa shape index (κ3) is 5.58. The van der Waals surface area contributed by atoms with Gasteiger partial charge >= 0.3 is 0 Å². The fourth-order valence-corrected chi connectivity index (χ4v) is 13.9. The van der Waals surface area contributed by atoms with E-state index < -0.39 is 10.8 Å². The van der Waals surface area contributed by atoms with Crippen molar-refractivity contribution >= 4 is 38.9 Å². The highest BCUT2D eigenvalue weighted by Gasteiger charge is 2.57. The summed E-state index contributed by atoms with van der Waals surface area (Å²) in [6.45, 7) is 4.75. The van der Waals surface area contributed by atoms with Crippen LogP contribution < -0.4 is 4.90 Å². The summed E-state index contributed by atoms with van der Waals surface area (Å²) in [6.07, 6.45) is 0. The van der Waals surface area contributed by atoms with E-state index in [9.17, 15) is 0 Å². The van der Waals surface area contributed by atoms with Gasteiger partial charge in [-0.1, -0.05) is 220 Å². The van der Waals surface area contributed by atoms with Gasteiger partial charge in [-0.3, -0.25) is 0 Å². The van der Waals surface area contributed by atoms with Gasteiger partial charge in [-0.05, 0) is 139 Å². The Labute approximate surface area is 426 Å². The molecular formula is C71H50N2. The summed E-state index contributed by atoms with van der Waals surface area (Å²) in [5.41, 5.74) is 24.0. The maximum Gasteiger partial charge on any atom is 0.0720 e. The van der Waals surface area contributed by atoms with Crippen LogP contribution in [0, 0.1) is 0 Å². The van der Waals surface area contributed by atoms with Crippen LogP contribution in [-0.2, 0) is 16.2 Å². The second-order valence-electron chi connectivity index (χ2n) is 20.7. The zero-order valence-electron chi connectivity index (χ0n) is 40.8. The summed E-state index contributed by atoms with van der Waals surface area (Å²) in [5.74, 6) is 0. The average molecular weight is 931 g/mol. The van der Waals surface area contributed by atoms with Crippen LogP contribution in [0.25, 0.3) is 49.7 Å². The van der Waals surface area contributed by atoms with Crippen LogP contribution in [-0.4, -0.2) is 4.57 Å². The van der Waals surface area contributed by atoms with Gasteiger partial charge in [0.25, 0.3) is 0 Å². The molecule has 2 unspecified atom stereocenters. The first-order valence-electron chi connectivity index (χ1n) is 25.7. The standard InChI is InChI=1S/C71H50N2/c1-69(2)60-31-15-12-27-54(60)56-43-41-53(46-65(56)69)72(52-42-44-67-59(45-52)57-29-14-19-36-66(57)73(67)50-25-10-5-11-26-50)51-39-37-49(38-40-51)70(47-21-6-3-7-22-47)62-33-17-18-34-63(62)71(48-23-8-4-9-24-48)61-32-16-13-28-55(61)58-30-20-35-64(70)68(58)71/h3-46H,1-2H3. The first-order valence-corrected chi connectivity index (χ1v) is 25.7. The number of nitrogens with zero attached hydrogens (tertiary/aromatic N) is 2. The molecule has 0 bridgehead atoms. The molecule has 15 rings (SSSR count). The van der Waals surface area contributed by atoms with Crippen LogP contribution in [0.15, 0.2) is 267 Å². The first-order chi connectivity index (χ1) is 36.0. The van der Waals surface area contributed by atoms with Crippen molar-refractivity contribution in [3.8, 4) is 27.9 Å². The van der Waals surface area contributed by atoms with Crippen LogP contribution in [0.2, 0.25) is 0 Å². The second-order valence-corrected chi connectivity index (χ2v) is 20.7. The molecule has 1 aromatic heterocycles. The summed E-state index contributed by atoms with van der Waals surface area (Å²) >= 11 is 0. The monoisotopic (exact) mass is 930 g/mol. The van der Waals surface area contributed by atoms with E-state index in [0.29, 0.717) is 0 Å². The molecular weight excluding hydrogens is 881 g/mol. The molecule has 0 N–H and O–H groups in total. The van der Waals surface area contributed by atoms with Crippen LogP contribution in [0.4, 0.5) is 17.1 Å². The summed E-state index contributed by atoms with van der Waals surface area (Å²) in [6, 6.07) is 100. The van der Waals surface area contributed by atoms with Crippen molar-refractivity contribution in [2.75, 3.05) is 4.90 Å². The smallest absolute Gasteiger partial charge is 0.0720 e. The molecule has 0 amide bonds. The summed E-state index contributed by atoms with van der Waals surface area (Å²) in [7, 11) is 0. The second kappa shape index (κ2) is 15.5. The maximum absolute atomic E-state index is 2.48. The van der Waals surface area contributed by atoms with Gasteiger partial charge in [0.05, 0.1) is 21.9 Å².